The van der Waals surface area contributed by atoms with Crippen molar-refractivity contribution < 1.29 is 9.15 Å². The third-order valence-electron chi connectivity index (χ3n) is 3.44. The fourth-order valence-corrected chi connectivity index (χ4v) is 2.33. The SMILES string of the molecule is I.NC(=NCCc1cc2ccccc2o1)N1CCOCC1. The fraction of sp³-hybridized carbons (Fsp3) is 0.400. The van der Waals surface area contributed by atoms with Crippen molar-refractivity contribution in [3.8, 4) is 0 Å². The average Bonchev–Trinajstić information content (AvgIpc) is 2.90. The third-order valence-corrected chi connectivity index (χ3v) is 3.44. The fourth-order valence-electron chi connectivity index (χ4n) is 2.33. The monoisotopic (exact) mass is 401 g/mol. The lowest BCUT2D eigenvalue weighted by Crippen LogP contribution is -2.44. The molecule has 114 valence electrons. The molecule has 21 heavy (non-hydrogen) atoms. The number of guanidine groups is 1. The Bertz CT molecular complexity index is 573. The Morgan fingerprint density at radius 3 is 2.76 bits per heavy atom. The van der Waals surface area contributed by atoms with Gasteiger partial charge in [0.25, 0.3) is 0 Å². The molecule has 1 saturated heterocycles. The van der Waals surface area contributed by atoms with E-state index >= 15 is 0 Å². The van der Waals surface area contributed by atoms with Crippen LogP contribution in [0.2, 0.25) is 0 Å². The van der Waals surface area contributed by atoms with Crippen molar-refractivity contribution in [3.63, 3.8) is 0 Å². The molecule has 1 fully saturated rings. The van der Waals surface area contributed by atoms with E-state index < -0.39 is 0 Å². The Labute approximate surface area is 141 Å². The second kappa shape index (κ2) is 7.65. The van der Waals surface area contributed by atoms with Crippen molar-refractivity contribution >= 4 is 40.9 Å². The number of nitrogens with two attached hydrogens (primary N) is 1. The molecule has 1 aromatic carbocycles. The highest BCUT2D eigenvalue weighted by Gasteiger charge is 2.11. The van der Waals surface area contributed by atoms with Gasteiger partial charge in [-0.25, -0.2) is 0 Å². The minimum absolute atomic E-state index is 0. The normalized spacial score (nSPS) is 16.0. The summed E-state index contributed by atoms with van der Waals surface area (Å²) in [6.45, 7) is 3.72. The zero-order chi connectivity index (χ0) is 13.8. The Balaban J connectivity index is 0.00000161. The number of hydrogen-bond acceptors (Lipinski definition) is 3. The number of morpholine rings is 1. The number of benzene rings is 1. The van der Waals surface area contributed by atoms with Crippen LogP contribution < -0.4 is 5.73 Å². The van der Waals surface area contributed by atoms with Crippen molar-refractivity contribution in [1.29, 1.82) is 0 Å². The van der Waals surface area contributed by atoms with Crippen LogP contribution in [0.15, 0.2) is 39.7 Å². The molecule has 1 aliphatic heterocycles. The molecule has 0 saturated carbocycles. The molecule has 2 N–H and O–H groups in total. The lowest BCUT2D eigenvalue weighted by Gasteiger charge is -2.27. The van der Waals surface area contributed by atoms with Crippen LogP contribution in [-0.4, -0.2) is 43.7 Å². The van der Waals surface area contributed by atoms with E-state index in [4.69, 9.17) is 14.9 Å². The molecule has 0 atom stereocenters. The summed E-state index contributed by atoms with van der Waals surface area (Å²) in [6.07, 6.45) is 0.764. The predicted molar refractivity (Wildman–Crippen MR) is 94.2 cm³/mol. The maximum atomic E-state index is 5.98. The van der Waals surface area contributed by atoms with Gasteiger partial charge in [0, 0.05) is 31.4 Å². The largest absolute Gasteiger partial charge is 0.461 e. The summed E-state index contributed by atoms with van der Waals surface area (Å²) in [5.41, 5.74) is 6.90. The number of furan rings is 1. The van der Waals surface area contributed by atoms with Gasteiger partial charge >= 0.3 is 0 Å². The summed E-state index contributed by atoms with van der Waals surface area (Å²) in [7, 11) is 0. The molecule has 0 radical (unpaired) electrons. The van der Waals surface area contributed by atoms with Gasteiger partial charge in [0.1, 0.15) is 11.3 Å². The van der Waals surface area contributed by atoms with Crippen molar-refractivity contribution in [2.24, 2.45) is 10.7 Å². The molecule has 0 unspecified atom stereocenters. The molecule has 0 spiro atoms. The van der Waals surface area contributed by atoms with E-state index in [9.17, 15) is 0 Å². The van der Waals surface area contributed by atoms with Crippen molar-refractivity contribution in [1.82, 2.24) is 4.90 Å². The molecule has 0 amide bonds. The molecule has 6 heteroatoms. The summed E-state index contributed by atoms with van der Waals surface area (Å²) in [5, 5.41) is 1.13. The molecule has 3 rings (SSSR count). The van der Waals surface area contributed by atoms with Gasteiger partial charge in [0.05, 0.1) is 13.2 Å². The maximum Gasteiger partial charge on any atom is 0.191 e. The molecule has 1 aromatic heterocycles. The average molecular weight is 401 g/mol. The Hall–Kier alpha value is -1.28. The first-order chi connectivity index (χ1) is 9.83. The van der Waals surface area contributed by atoms with Gasteiger partial charge in [0.15, 0.2) is 5.96 Å². The maximum absolute atomic E-state index is 5.98. The van der Waals surface area contributed by atoms with Gasteiger partial charge in [-0.2, -0.15) is 0 Å². The van der Waals surface area contributed by atoms with Gasteiger partial charge in [-0.05, 0) is 12.1 Å². The molecule has 5 nitrogen and oxygen atoms in total. The molecule has 2 heterocycles. The second-order valence-electron chi connectivity index (χ2n) is 4.84. The van der Waals surface area contributed by atoms with E-state index in [1.807, 2.05) is 24.3 Å². The second-order valence-corrected chi connectivity index (χ2v) is 4.84. The smallest absolute Gasteiger partial charge is 0.191 e. The van der Waals surface area contributed by atoms with Crippen LogP contribution in [0, 0.1) is 0 Å². The number of ether oxygens (including phenoxy) is 1. The zero-order valence-electron chi connectivity index (χ0n) is 11.8. The Kier molecular flexibility index (Phi) is 5.86. The van der Waals surface area contributed by atoms with E-state index in [0.717, 1.165) is 49.5 Å². The summed E-state index contributed by atoms with van der Waals surface area (Å²) in [4.78, 5) is 6.48. The summed E-state index contributed by atoms with van der Waals surface area (Å²) in [6, 6.07) is 10.1. The number of hydrogen-bond donors (Lipinski definition) is 1. The lowest BCUT2D eigenvalue weighted by atomic mass is 10.2. The topological polar surface area (TPSA) is 64.0 Å². The number of nitrogens with zero attached hydrogens (tertiary/aromatic N) is 2. The first kappa shape index (κ1) is 16.1. The van der Waals surface area contributed by atoms with Gasteiger partial charge in [-0.15, -0.1) is 24.0 Å². The zero-order valence-corrected chi connectivity index (χ0v) is 14.2. The number of para-hydroxylation sites is 1. The summed E-state index contributed by atoms with van der Waals surface area (Å²) in [5.74, 6) is 1.55. The highest BCUT2D eigenvalue weighted by Crippen LogP contribution is 2.18. The van der Waals surface area contributed by atoms with Crippen LogP contribution in [0.4, 0.5) is 0 Å². The Morgan fingerprint density at radius 2 is 2.00 bits per heavy atom. The summed E-state index contributed by atoms with van der Waals surface area (Å²) < 4.78 is 11.0. The third kappa shape index (κ3) is 4.10. The summed E-state index contributed by atoms with van der Waals surface area (Å²) >= 11 is 0. The van der Waals surface area contributed by atoms with Crippen molar-refractivity contribution in [3.05, 3.63) is 36.1 Å². The van der Waals surface area contributed by atoms with E-state index in [1.54, 1.807) is 0 Å². The Morgan fingerprint density at radius 1 is 1.24 bits per heavy atom. The highest BCUT2D eigenvalue weighted by molar-refractivity contribution is 14.0. The molecular formula is C15H20IN3O2. The van der Waals surface area contributed by atoms with Crippen LogP contribution in [-0.2, 0) is 11.2 Å². The molecule has 0 bridgehead atoms. The van der Waals surface area contributed by atoms with Gasteiger partial charge in [-0.3, -0.25) is 4.99 Å². The van der Waals surface area contributed by atoms with E-state index in [0.29, 0.717) is 12.5 Å². The van der Waals surface area contributed by atoms with Gasteiger partial charge in [0.2, 0.25) is 0 Å². The van der Waals surface area contributed by atoms with Crippen molar-refractivity contribution in [2.45, 2.75) is 6.42 Å². The predicted octanol–water partition coefficient (Wildman–Crippen LogP) is 2.24. The number of fused-ring (bicyclic) bond motifs is 1. The molecule has 2 aromatic rings. The quantitative estimate of drug-likeness (QED) is 0.487. The number of halogens is 1. The first-order valence-corrected chi connectivity index (χ1v) is 6.93. The minimum atomic E-state index is 0. The highest BCUT2D eigenvalue weighted by atomic mass is 127. The molecule has 1 aliphatic rings. The minimum Gasteiger partial charge on any atom is -0.461 e. The van der Waals surface area contributed by atoms with Crippen LogP contribution in [0.5, 0.6) is 0 Å². The first-order valence-electron chi connectivity index (χ1n) is 6.93. The molecular weight excluding hydrogens is 381 g/mol. The van der Waals surface area contributed by atoms with E-state index in [-0.39, 0.29) is 24.0 Å². The van der Waals surface area contributed by atoms with Crippen LogP contribution >= 0.6 is 24.0 Å². The number of aliphatic imine (C=N–C) groups is 1. The van der Waals surface area contributed by atoms with Crippen LogP contribution in [0.1, 0.15) is 5.76 Å². The van der Waals surface area contributed by atoms with E-state index in [1.165, 1.54) is 0 Å². The number of rotatable bonds is 3. The standard InChI is InChI=1S/C15H19N3O2.HI/c16-15(18-7-9-19-10-8-18)17-6-5-13-11-12-3-1-2-4-14(12)20-13;/h1-4,11H,5-10H2,(H2,16,17);1H. The lowest BCUT2D eigenvalue weighted by molar-refractivity contribution is 0.0674. The van der Waals surface area contributed by atoms with Crippen LogP contribution in [0.25, 0.3) is 11.0 Å². The van der Waals surface area contributed by atoms with Crippen molar-refractivity contribution in [2.75, 3.05) is 32.8 Å². The van der Waals surface area contributed by atoms with Gasteiger partial charge < -0.3 is 19.8 Å². The van der Waals surface area contributed by atoms with Crippen LogP contribution in [0.3, 0.4) is 0 Å². The molecule has 0 aliphatic carbocycles. The van der Waals surface area contributed by atoms with E-state index in [2.05, 4.69) is 16.0 Å². The van der Waals surface area contributed by atoms with Gasteiger partial charge in [-0.1, -0.05) is 18.2 Å².